The highest BCUT2D eigenvalue weighted by molar-refractivity contribution is 9.10. The number of unbranched alkanes of at least 4 members (excludes halogenated alkanes) is 1. The molecule has 1 amide bonds. The lowest BCUT2D eigenvalue weighted by molar-refractivity contribution is 0.0733. The third kappa shape index (κ3) is 7.32. The minimum Gasteiger partial charge on any atom is -0.494 e. The average molecular weight is 555 g/mol. The summed E-state index contributed by atoms with van der Waals surface area (Å²) in [5, 5.41) is 4.03. The van der Waals surface area contributed by atoms with E-state index in [1.807, 2.05) is 0 Å². The molecule has 0 heterocycles. The van der Waals surface area contributed by atoms with Crippen LogP contribution in [0.1, 0.15) is 46.0 Å². The van der Waals surface area contributed by atoms with Crippen molar-refractivity contribution in [3.63, 3.8) is 0 Å². The van der Waals surface area contributed by atoms with Gasteiger partial charge in [-0.05, 0) is 67.1 Å². The van der Waals surface area contributed by atoms with Crippen LogP contribution in [-0.2, 0) is 0 Å². The van der Waals surface area contributed by atoms with Gasteiger partial charge in [-0.2, -0.15) is 5.10 Å². The van der Waals surface area contributed by atoms with Gasteiger partial charge in [0.15, 0.2) is 11.5 Å². The Balaban J connectivity index is 1.67. The van der Waals surface area contributed by atoms with E-state index in [9.17, 15) is 9.59 Å². The van der Waals surface area contributed by atoms with E-state index in [2.05, 4.69) is 33.4 Å². The van der Waals surface area contributed by atoms with Crippen LogP contribution in [0.25, 0.3) is 0 Å². The predicted octanol–water partition coefficient (Wildman–Crippen LogP) is 5.63. The average Bonchev–Trinajstić information content (AvgIpc) is 2.90. The zero-order chi connectivity index (χ0) is 25.9. The topological polar surface area (TPSA) is 95.5 Å². The van der Waals surface area contributed by atoms with Gasteiger partial charge in [-0.3, -0.25) is 4.79 Å². The first-order chi connectivity index (χ1) is 17.4. The number of amides is 1. The number of nitrogens with one attached hydrogen (secondary N) is 1. The van der Waals surface area contributed by atoms with Gasteiger partial charge >= 0.3 is 5.97 Å². The fourth-order valence-corrected chi connectivity index (χ4v) is 3.48. The number of esters is 1. The smallest absolute Gasteiger partial charge is 0.343 e. The summed E-state index contributed by atoms with van der Waals surface area (Å²) in [6, 6.07) is 16.6. The van der Waals surface area contributed by atoms with Crippen molar-refractivity contribution in [2.45, 2.75) is 19.8 Å². The highest BCUT2D eigenvalue weighted by Crippen LogP contribution is 2.29. The minimum absolute atomic E-state index is 0.268. The summed E-state index contributed by atoms with van der Waals surface area (Å²) in [6.45, 7) is 2.73. The Morgan fingerprint density at radius 1 is 0.917 bits per heavy atom. The zero-order valence-electron chi connectivity index (χ0n) is 20.2. The number of hydrogen-bond acceptors (Lipinski definition) is 7. The lowest BCUT2D eigenvalue weighted by Crippen LogP contribution is -2.17. The number of carbonyl (C=O) groups is 2. The number of ether oxygens (including phenoxy) is 4. The van der Waals surface area contributed by atoms with E-state index in [-0.39, 0.29) is 17.2 Å². The maximum atomic E-state index is 12.7. The monoisotopic (exact) mass is 554 g/mol. The summed E-state index contributed by atoms with van der Waals surface area (Å²) < 4.78 is 22.4. The minimum atomic E-state index is -0.585. The molecular formula is C27H27BrN2O6. The second-order valence-electron chi connectivity index (χ2n) is 7.57. The Labute approximate surface area is 218 Å². The lowest BCUT2D eigenvalue weighted by atomic mass is 10.2. The molecule has 36 heavy (non-hydrogen) atoms. The molecule has 0 aliphatic rings. The van der Waals surface area contributed by atoms with E-state index in [0.29, 0.717) is 35.0 Å². The first-order valence-corrected chi connectivity index (χ1v) is 12.0. The fourth-order valence-electron chi connectivity index (χ4n) is 3.10. The number of benzene rings is 3. The molecule has 0 radical (unpaired) electrons. The Morgan fingerprint density at radius 2 is 1.61 bits per heavy atom. The maximum Gasteiger partial charge on any atom is 0.343 e. The molecule has 0 aliphatic heterocycles. The normalized spacial score (nSPS) is 10.7. The molecule has 188 valence electrons. The van der Waals surface area contributed by atoms with Crippen LogP contribution in [0, 0.1) is 0 Å². The van der Waals surface area contributed by atoms with Gasteiger partial charge in [-0.25, -0.2) is 10.2 Å². The van der Waals surface area contributed by atoms with Crippen LogP contribution in [0.5, 0.6) is 23.0 Å². The van der Waals surface area contributed by atoms with Gasteiger partial charge in [0.05, 0.1) is 32.6 Å². The number of methoxy groups -OCH3 is 2. The van der Waals surface area contributed by atoms with E-state index in [1.54, 1.807) is 54.6 Å². The van der Waals surface area contributed by atoms with Gasteiger partial charge in [-0.1, -0.05) is 29.3 Å². The summed E-state index contributed by atoms with van der Waals surface area (Å²) in [7, 11) is 3.00. The van der Waals surface area contributed by atoms with Crippen LogP contribution in [0.15, 0.2) is 70.2 Å². The molecule has 8 nitrogen and oxygen atoms in total. The second-order valence-corrected chi connectivity index (χ2v) is 8.48. The van der Waals surface area contributed by atoms with Crippen LogP contribution >= 0.6 is 15.9 Å². The first kappa shape index (κ1) is 26.7. The predicted molar refractivity (Wildman–Crippen MR) is 141 cm³/mol. The molecule has 0 aromatic heterocycles. The van der Waals surface area contributed by atoms with Gasteiger partial charge in [0.2, 0.25) is 0 Å². The third-order valence-corrected chi connectivity index (χ3v) is 5.54. The van der Waals surface area contributed by atoms with Crippen molar-refractivity contribution >= 4 is 34.0 Å². The van der Waals surface area contributed by atoms with Crippen molar-refractivity contribution < 1.29 is 28.5 Å². The van der Waals surface area contributed by atoms with E-state index < -0.39 is 5.97 Å². The van der Waals surface area contributed by atoms with Crippen molar-refractivity contribution in [2.75, 3.05) is 20.8 Å². The number of hydrazone groups is 1. The second kappa shape index (κ2) is 13.3. The number of hydrogen-bond donors (Lipinski definition) is 1. The molecule has 0 saturated carbocycles. The van der Waals surface area contributed by atoms with Crippen LogP contribution < -0.4 is 24.4 Å². The van der Waals surface area contributed by atoms with Gasteiger partial charge < -0.3 is 18.9 Å². The van der Waals surface area contributed by atoms with Crippen molar-refractivity contribution in [1.29, 1.82) is 0 Å². The summed E-state index contributed by atoms with van der Waals surface area (Å²) in [4.78, 5) is 25.2. The van der Waals surface area contributed by atoms with Gasteiger partial charge in [0.1, 0.15) is 11.5 Å². The molecule has 0 saturated heterocycles. The van der Waals surface area contributed by atoms with Crippen molar-refractivity contribution in [1.82, 2.24) is 5.43 Å². The molecule has 1 N–H and O–H groups in total. The standard InChI is InChI=1S/C27H27BrN2O6/c1-4-5-14-35-22-10-6-18(7-11-22)26(31)30-29-17-20-15-21(28)9-13-23(20)36-27(32)19-8-12-24(33-2)25(16-19)34-3/h6-13,15-17H,4-5,14H2,1-3H3,(H,30,31)/b29-17-. The zero-order valence-corrected chi connectivity index (χ0v) is 21.8. The van der Waals surface area contributed by atoms with Crippen LogP contribution in [0.3, 0.4) is 0 Å². The molecule has 0 bridgehead atoms. The Morgan fingerprint density at radius 3 is 2.31 bits per heavy atom. The maximum absolute atomic E-state index is 12.7. The molecule has 0 fully saturated rings. The first-order valence-electron chi connectivity index (χ1n) is 11.2. The summed E-state index contributed by atoms with van der Waals surface area (Å²) in [6.07, 6.45) is 3.42. The largest absolute Gasteiger partial charge is 0.494 e. The molecule has 3 aromatic rings. The Kier molecular flexibility index (Phi) is 9.88. The third-order valence-electron chi connectivity index (χ3n) is 5.05. The molecule has 3 aromatic carbocycles. The summed E-state index contributed by atoms with van der Waals surface area (Å²) in [5.74, 6) is 0.916. The number of carbonyl (C=O) groups excluding carboxylic acids is 2. The molecule has 0 aliphatic carbocycles. The highest BCUT2D eigenvalue weighted by atomic mass is 79.9. The van der Waals surface area contributed by atoms with Crippen molar-refractivity contribution in [3.05, 3.63) is 81.8 Å². The highest BCUT2D eigenvalue weighted by Gasteiger charge is 2.15. The van der Waals surface area contributed by atoms with E-state index >= 15 is 0 Å². The van der Waals surface area contributed by atoms with Crippen LogP contribution in [0.2, 0.25) is 0 Å². The molecular weight excluding hydrogens is 528 g/mol. The molecule has 9 heteroatoms. The molecule has 3 rings (SSSR count). The lowest BCUT2D eigenvalue weighted by Gasteiger charge is -2.11. The van der Waals surface area contributed by atoms with E-state index in [1.165, 1.54) is 26.5 Å². The SMILES string of the molecule is CCCCOc1ccc(C(=O)N/N=C\c2cc(Br)ccc2OC(=O)c2ccc(OC)c(OC)c2)cc1. The Hall–Kier alpha value is -3.85. The number of nitrogens with zero attached hydrogens (tertiary/aromatic N) is 1. The van der Waals surface area contributed by atoms with Crippen LogP contribution in [-0.4, -0.2) is 38.9 Å². The number of rotatable bonds is 11. The van der Waals surface area contributed by atoms with Gasteiger partial charge in [-0.15, -0.1) is 0 Å². The van der Waals surface area contributed by atoms with Crippen molar-refractivity contribution in [2.24, 2.45) is 5.10 Å². The van der Waals surface area contributed by atoms with E-state index in [0.717, 1.165) is 17.3 Å². The van der Waals surface area contributed by atoms with E-state index in [4.69, 9.17) is 18.9 Å². The quantitative estimate of drug-likeness (QED) is 0.108. The molecule has 0 spiro atoms. The van der Waals surface area contributed by atoms with Gasteiger partial charge in [0.25, 0.3) is 5.91 Å². The van der Waals surface area contributed by atoms with Gasteiger partial charge in [0, 0.05) is 15.6 Å². The fraction of sp³-hybridized carbons (Fsp3) is 0.222. The Bertz CT molecular complexity index is 1230. The number of halogens is 1. The summed E-state index contributed by atoms with van der Waals surface area (Å²) in [5.41, 5.74) is 3.69. The van der Waals surface area contributed by atoms with Crippen molar-refractivity contribution in [3.8, 4) is 23.0 Å². The molecule has 0 atom stereocenters. The summed E-state index contributed by atoms with van der Waals surface area (Å²) >= 11 is 3.40. The molecule has 0 unspecified atom stereocenters. The van der Waals surface area contributed by atoms with Crippen LogP contribution in [0.4, 0.5) is 0 Å².